The van der Waals surface area contributed by atoms with Crippen LogP contribution in [0.4, 0.5) is 4.79 Å². The van der Waals surface area contributed by atoms with Crippen LogP contribution in [0.25, 0.3) is 0 Å². The Morgan fingerprint density at radius 1 is 1.28 bits per heavy atom. The molecule has 25 heavy (non-hydrogen) atoms. The summed E-state index contributed by atoms with van der Waals surface area (Å²) in [7, 11) is 0. The van der Waals surface area contributed by atoms with Gasteiger partial charge in [0.25, 0.3) is 0 Å². The Balaban J connectivity index is 1.37. The molecular weight excluding hydrogens is 318 g/mol. The number of amides is 2. The maximum atomic E-state index is 12.2. The van der Waals surface area contributed by atoms with Crippen molar-refractivity contribution >= 4 is 6.03 Å². The van der Waals surface area contributed by atoms with Gasteiger partial charge >= 0.3 is 6.03 Å². The zero-order valence-electron chi connectivity index (χ0n) is 14.8. The number of hydrogen-bond acceptors (Lipinski definition) is 4. The van der Waals surface area contributed by atoms with Gasteiger partial charge in [0.15, 0.2) is 0 Å². The third-order valence-electron chi connectivity index (χ3n) is 4.44. The number of ether oxygens (including phenoxy) is 1. The Kier molecular flexibility index (Phi) is 5.53. The van der Waals surface area contributed by atoms with E-state index in [0.717, 1.165) is 37.5 Å². The zero-order chi connectivity index (χ0) is 17.6. The summed E-state index contributed by atoms with van der Waals surface area (Å²) in [5.74, 6) is 2.13. The first-order valence-corrected chi connectivity index (χ1v) is 8.71. The standard InChI is InChI=1S/C18H25N5O2/c1-13-9-14(2)11-16(10-13)25-8-5-19-18(24)23-6-3-15(4-7-23)17-20-12-21-22-17/h9-12,15H,3-8H2,1-2H3,(H,19,24)(H,20,21,22). The van der Waals surface area contributed by atoms with Crippen LogP contribution in [0.1, 0.15) is 35.7 Å². The molecule has 3 rings (SSSR count). The number of carbonyl (C=O) groups is 1. The number of aryl methyl sites for hydroxylation is 2. The second kappa shape index (κ2) is 8.00. The molecular formula is C18H25N5O2. The number of H-pyrrole nitrogens is 1. The van der Waals surface area contributed by atoms with Crippen LogP contribution in [0, 0.1) is 13.8 Å². The Bertz CT molecular complexity index is 673. The minimum Gasteiger partial charge on any atom is -0.492 e. The van der Waals surface area contributed by atoms with E-state index in [2.05, 4.69) is 26.6 Å². The van der Waals surface area contributed by atoms with Gasteiger partial charge in [0, 0.05) is 19.0 Å². The average Bonchev–Trinajstić information content (AvgIpc) is 3.12. The molecule has 1 fully saturated rings. The Morgan fingerprint density at radius 2 is 2.00 bits per heavy atom. The lowest BCUT2D eigenvalue weighted by Gasteiger charge is -2.31. The lowest BCUT2D eigenvalue weighted by molar-refractivity contribution is 0.178. The van der Waals surface area contributed by atoms with E-state index in [1.807, 2.05) is 30.9 Å². The summed E-state index contributed by atoms with van der Waals surface area (Å²) in [5.41, 5.74) is 2.35. The fraction of sp³-hybridized carbons (Fsp3) is 0.500. The van der Waals surface area contributed by atoms with Crippen LogP contribution in [0.3, 0.4) is 0 Å². The van der Waals surface area contributed by atoms with Gasteiger partial charge in [-0.2, -0.15) is 5.10 Å². The predicted molar refractivity (Wildman–Crippen MR) is 94.7 cm³/mol. The Labute approximate surface area is 147 Å². The molecule has 2 aromatic rings. The molecule has 1 saturated heterocycles. The summed E-state index contributed by atoms with van der Waals surface area (Å²) in [6.45, 7) is 6.51. The van der Waals surface area contributed by atoms with E-state index < -0.39 is 0 Å². The highest BCUT2D eigenvalue weighted by Crippen LogP contribution is 2.24. The largest absolute Gasteiger partial charge is 0.492 e. The third-order valence-corrected chi connectivity index (χ3v) is 4.44. The topological polar surface area (TPSA) is 83.1 Å². The van der Waals surface area contributed by atoms with Gasteiger partial charge in [-0.1, -0.05) is 6.07 Å². The molecule has 2 amide bonds. The minimum atomic E-state index is -0.0277. The summed E-state index contributed by atoms with van der Waals surface area (Å²) in [5, 5.41) is 9.74. The van der Waals surface area contributed by atoms with Crippen molar-refractivity contribution in [2.75, 3.05) is 26.2 Å². The number of piperidine rings is 1. The maximum absolute atomic E-state index is 12.2. The van der Waals surface area contributed by atoms with Crippen LogP contribution in [0.15, 0.2) is 24.5 Å². The van der Waals surface area contributed by atoms with Crippen LogP contribution < -0.4 is 10.1 Å². The second-order valence-electron chi connectivity index (χ2n) is 6.54. The molecule has 1 aliphatic heterocycles. The molecule has 2 N–H and O–H groups in total. The molecule has 134 valence electrons. The Morgan fingerprint density at radius 3 is 2.64 bits per heavy atom. The van der Waals surface area contributed by atoms with Gasteiger partial charge in [0.1, 0.15) is 24.5 Å². The summed E-state index contributed by atoms with van der Waals surface area (Å²) in [4.78, 5) is 18.3. The lowest BCUT2D eigenvalue weighted by atomic mass is 9.96. The number of nitrogens with one attached hydrogen (secondary N) is 2. The number of rotatable bonds is 5. The van der Waals surface area contributed by atoms with Crippen LogP contribution in [-0.4, -0.2) is 52.4 Å². The van der Waals surface area contributed by atoms with Crippen molar-refractivity contribution in [3.63, 3.8) is 0 Å². The quantitative estimate of drug-likeness (QED) is 0.817. The smallest absolute Gasteiger partial charge is 0.317 e. The van der Waals surface area contributed by atoms with Crippen molar-refractivity contribution in [3.8, 4) is 5.75 Å². The van der Waals surface area contributed by atoms with E-state index in [9.17, 15) is 4.79 Å². The normalized spacial score (nSPS) is 15.2. The van der Waals surface area contributed by atoms with Gasteiger partial charge in [-0.3, -0.25) is 5.10 Å². The van der Waals surface area contributed by atoms with Crippen molar-refractivity contribution in [1.82, 2.24) is 25.4 Å². The molecule has 0 saturated carbocycles. The van der Waals surface area contributed by atoms with Crippen LogP contribution in [0.2, 0.25) is 0 Å². The monoisotopic (exact) mass is 343 g/mol. The molecule has 1 aromatic heterocycles. The van der Waals surface area contributed by atoms with E-state index in [1.54, 1.807) is 0 Å². The van der Waals surface area contributed by atoms with E-state index in [1.165, 1.54) is 17.5 Å². The SMILES string of the molecule is Cc1cc(C)cc(OCCNC(=O)N2CCC(c3ncn[nH]3)CC2)c1. The van der Waals surface area contributed by atoms with Gasteiger partial charge in [-0.05, 0) is 49.9 Å². The van der Waals surface area contributed by atoms with Crippen LogP contribution >= 0.6 is 0 Å². The average molecular weight is 343 g/mol. The molecule has 7 heteroatoms. The highest BCUT2D eigenvalue weighted by molar-refractivity contribution is 5.74. The molecule has 7 nitrogen and oxygen atoms in total. The van der Waals surface area contributed by atoms with Crippen molar-refractivity contribution in [1.29, 1.82) is 0 Å². The van der Waals surface area contributed by atoms with E-state index in [4.69, 9.17) is 4.74 Å². The molecule has 0 bridgehead atoms. The van der Waals surface area contributed by atoms with Gasteiger partial charge in [-0.25, -0.2) is 9.78 Å². The third kappa shape index (κ3) is 4.71. The number of benzene rings is 1. The Hall–Kier alpha value is -2.57. The highest BCUT2D eigenvalue weighted by Gasteiger charge is 2.25. The van der Waals surface area contributed by atoms with Gasteiger partial charge in [0.05, 0.1) is 6.54 Å². The molecule has 0 aliphatic carbocycles. The van der Waals surface area contributed by atoms with Gasteiger partial charge in [0.2, 0.25) is 0 Å². The second-order valence-corrected chi connectivity index (χ2v) is 6.54. The van der Waals surface area contributed by atoms with Crippen molar-refractivity contribution in [3.05, 3.63) is 41.5 Å². The number of aromatic amines is 1. The first-order chi connectivity index (χ1) is 12.1. The van der Waals surface area contributed by atoms with Gasteiger partial charge < -0.3 is 15.0 Å². The van der Waals surface area contributed by atoms with E-state index in [-0.39, 0.29) is 6.03 Å². The van der Waals surface area contributed by atoms with E-state index in [0.29, 0.717) is 19.1 Å². The summed E-state index contributed by atoms with van der Waals surface area (Å²) >= 11 is 0. The number of hydrogen-bond donors (Lipinski definition) is 2. The van der Waals surface area contributed by atoms with Crippen molar-refractivity contribution in [2.45, 2.75) is 32.6 Å². The molecule has 0 spiro atoms. The fourth-order valence-corrected chi connectivity index (χ4v) is 3.22. The molecule has 0 atom stereocenters. The molecule has 1 aliphatic rings. The number of aromatic nitrogens is 3. The van der Waals surface area contributed by atoms with Crippen LogP contribution in [-0.2, 0) is 0 Å². The number of likely N-dealkylation sites (tertiary alicyclic amines) is 1. The minimum absolute atomic E-state index is 0.0277. The first kappa shape index (κ1) is 17.3. The lowest BCUT2D eigenvalue weighted by Crippen LogP contribution is -2.45. The molecule has 0 radical (unpaired) electrons. The first-order valence-electron chi connectivity index (χ1n) is 8.71. The predicted octanol–water partition coefficient (Wildman–Crippen LogP) is 2.39. The maximum Gasteiger partial charge on any atom is 0.317 e. The van der Waals surface area contributed by atoms with E-state index >= 15 is 0 Å². The van der Waals surface area contributed by atoms with Crippen molar-refractivity contribution in [2.24, 2.45) is 0 Å². The summed E-state index contributed by atoms with van der Waals surface area (Å²) < 4.78 is 5.72. The summed E-state index contributed by atoms with van der Waals surface area (Å²) in [6.07, 6.45) is 3.34. The highest BCUT2D eigenvalue weighted by atomic mass is 16.5. The number of urea groups is 1. The molecule has 1 aromatic carbocycles. The molecule has 0 unspecified atom stereocenters. The number of carbonyl (C=O) groups excluding carboxylic acids is 1. The zero-order valence-corrected chi connectivity index (χ0v) is 14.8. The van der Waals surface area contributed by atoms with Gasteiger partial charge in [-0.15, -0.1) is 0 Å². The van der Waals surface area contributed by atoms with Crippen molar-refractivity contribution < 1.29 is 9.53 Å². The number of nitrogens with zero attached hydrogens (tertiary/aromatic N) is 3. The summed E-state index contributed by atoms with van der Waals surface area (Å²) in [6, 6.07) is 6.09. The fourth-order valence-electron chi connectivity index (χ4n) is 3.22. The van der Waals surface area contributed by atoms with Crippen LogP contribution in [0.5, 0.6) is 5.75 Å². The molecule has 2 heterocycles.